The van der Waals surface area contributed by atoms with E-state index < -0.39 is 0 Å². The van der Waals surface area contributed by atoms with Crippen molar-refractivity contribution in [2.24, 2.45) is 5.41 Å². The Kier molecular flexibility index (Phi) is 7.65. The van der Waals surface area contributed by atoms with Gasteiger partial charge in [-0.2, -0.15) is 0 Å². The number of benzene rings is 2. The molecule has 0 bridgehead atoms. The smallest absolute Gasteiger partial charge is 0.289 e. The summed E-state index contributed by atoms with van der Waals surface area (Å²) in [6.07, 6.45) is 6.18. The van der Waals surface area contributed by atoms with Gasteiger partial charge in [0.25, 0.3) is 5.91 Å². The molecule has 1 aromatic heterocycles. The zero-order chi connectivity index (χ0) is 26.4. The van der Waals surface area contributed by atoms with Crippen LogP contribution in [0, 0.1) is 17.3 Å². The standard InChI is InChI=1S/C32H32N2O4/c1-2-37-28-11-7-6-10-26(28)13-17-30(35)33-21-18-32(19-22-33)20-23-34(24-32)31(36)29-16-15-27(38-29)14-12-25-8-4-3-5-9-25/h3-11,13,15-17H,2,18-24H2,1H3/b17-13+. The van der Waals surface area contributed by atoms with Crippen molar-refractivity contribution in [1.82, 2.24) is 9.80 Å². The average molecular weight is 509 g/mol. The summed E-state index contributed by atoms with van der Waals surface area (Å²) in [7, 11) is 0. The van der Waals surface area contributed by atoms with Crippen LogP contribution in [-0.2, 0) is 4.79 Å². The van der Waals surface area contributed by atoms with E-state index in [0.29, 0.717) is 44.3 Å². The molecule has 2 amide bonds. The van der Waals surface area contributed by atoms with Gasteiger partial charge >= 0.3 is 0 Å². The number of carbonyl (C=O) groups excluding carboxylic acids is 2. The zero-order valence-electron chi connectivity index (χ0n) is 21.7. The second kappa shape index (κ2) is 11.4. The Balaban J connectivity index is 1.15. The highest BCUT2D eigenvalue weighted by atomic mass is 16.5. The van der Waals surface area contributed by atoms with Crippen molar-refractivity contribution < 1.29 is 18.7 Å². The third kappa shape index (κ3) is 5.84. The predicted octanol–water partition coefficient (Wildman–Crippen LogP) is 5.25. The molecule has 6 nitrogen and oxygen atoms in total. The molecular formula is C32H32N2O4. The number of piperidine rings is 1. The average Bonchev–Trinajstić information content (AvgIpc) is 3.60. The van der Waals surface area contributed by atoms with Crippen LogP contribution in [0.25, 0.3) is 6.08 Å². The molecule has 2 aliphatic rings. The molecule has 3 aromatic rings. The number of hydrogen-bond donors (Lipinski definition) is 0. The predicted molar refractivity (Wildman–Crippen MR) is 147 cm³/mol. The molecule has 0 unspecified atom stereocenters. The molecule has 2 fully saturated rings. The van der Waals surface area contributed by atoms with E-state index in [9.17, 15) is 9.59 Å². The SMILES string of the molecule is CCOc1ccccc1/C=C/C(=O)N1CCC2(CC1)CCN(C(=O)c1ccc(C#Cc3ccccc3)o1)C2. The van der Waals surface area contributed by atoms with Crippen LogP contribution in [-0.4, -0.2) is 54.4 Å². The van der Waals surface area contributed by atoms with E-state index >= 15 is 0 Å². The molecule has 0 saturated carbocycles. The minimum Gasteiger partial charge on any atom is -0.493 e. The fourth-order valence-electron chi connectivity index (χ4n) is 5.22. The van der Waals surface area contributed by atoms with Crippen molar-refractivity contribution >= 4 is 17.9 Å². The number of likely N-dealkylation sites (tertiary alicyclic amines) is 2. The summed E-state index contributed by atoms with van der Waals surface area (Å²) in [5.74, 6) is 7.55. The highest BCUT2D eigenvalue weighted by molar-refractivity contribution is 5.92. The molecule has 1 spiro atoms. The van der Waals surface area contributed by atoms with Crippen LogP contribution < -0.4 is 4.74 Å². The Labute approximate surface area is 223 Å². The van der Waals surface area contributed by atoms with Crippen molar-refractivity contribution in [3.05, 3.63) is 95.5 Å². The maximum Gasteiger partial charge on any atom is 0.289 e. The molecule has 2 aliphatic heterocycles. The van der Waals surface area contributed by atoms with Gasteiger partial charge in [0.1, 0.15) is 5.75 Å². The molecule has 6 heteroatoms. The van der Waals surface area contributed by atoms with Gasteiger partial charge in [0.05, 0.1) is 6.61 Å². The van der Waals surface area contributed by atoms with Gasteiger partial charge in [-0.1, -0.05) is 42.3 Å². The van der Waals surface area contributed by atoms with Gasteiger partial charge in [0.2, 0.25) is 5.91 Å². The molecule has 0 N–H and O–H groups in total. The summed E-state index contributed by atoms with van der Waals surface area (Å²) >= 11 is 0. The Hall–Kier alpha value is -4.24. The molecule has 3 heterocycles. The first kappa shape index (κ1) is 25.4. The first-order valence-electron chi connectivity index (χ1n) is 13.2. The number of rotatable bonds is 5. The Bertz CT molecular complexity index is 1370. The van der Waals surface area contributed by atoms with Crippen LogP contribution in [0.4, 0.5) is 0 Å². The highest BCUT2D eigenvalue weighted by Crippen LogP contribution is 2.41. The summed E-state index contributed by atoms with van der Waals surface area (Å²) in [6, 6.07) is 20.9. The van der Waals surface area contributed by atoms with Crippen molar-refractivity contribution in [3.63, 3.8) is 0 Å². The van der Waals surface area contributed by atoms with E-state index in [4.69, 9.17) is 9.15 Å². The van der Waals surface area contributed by atoms with E-state index in [-0.39, 0.29) is 17.2 Å². The van der Waals surface area contributed by atoms with Gasteiger partial charge in [-0.25, -0.2) is 0 Å². The first-order chi connectivity index (χ1) is 18.5. The lowest BCUT2D eigenvalue weighted by Crippen LogP contribution is -2.44. The fraction of sp³-hybridized carbons (Fsp3) is 0.312. The number of nitrogens with zero attached hydrogens (tertiary/aromatic N) is 2. The molecule has 194 valence electrons. The van der Waals surface area contributed by atoms with Crippen molar-refractivity contribution in [3.8, 4) is 17.6 Å². The number of para-hydroxylation sites is 1. The molecule has 0 radical (unpaired) electrons. The number of hydrogen-bond acceptors (Lipinski definition) is 4. The molecule has 0 atom stereocenters. The largest absolute Gasteiger partial charge is 0.493 e. The van der Waals surface area contributed by atoms with Gasteiger partial charge in [0.15, 0.2) is 11.5 Å². The molecule has 0 aliphatic carbocycles. The zero-order valence-corrected chi connectivity index (χ0v) is 21.7. The van der Waals surface area contributed by atoms with Gasteiger partial charge in [-0.05, 0) is 73.9 Å². The Morgan fingerprint density at radius 1 is 0.921 bits per heavy atom. The normalized spacial score (nSPS) is 16.4. The topological polar surface area (TPSA) is 63.0 Å². The summed E-state index contributed by atoms with van der Waals surface area (Å²) in [5.41, 5.74) is 1.85. The second-order valence-electron chi connectivity index (χ2n) is 9.89. The van der Waals surface area contributed by atoms with Crippen LogP contribution in [0.5, 0.6) is 5.75 Å². The maximum absolute atomic E-state index is 13.1. The lowest BCUT2D eigenvalue weighted by atomic mass is 9.78. The second-order valence-corrected chi connectivity index (χ2v) is 9.89. The quantitative estimate of drug-likeness (QED) is 0.349. The van der Waals surface area contributed by atoms with Crippen molar-refractivity contribution in [2.75, 3.05) is 32.8 Å². The summed E-state index contributed by atoms with van der Waals surface area (Å²) < 4.78 is 11.4. The molecule has 2 saturated heterocycles. The number of furan rings is 1. The lowest BCUT2D eigenvalue weighted by molar-refractivity contribution is -0.128. The van der Waals surface area contributed by atoms with Gasteiger partial charge in [-0.15, -0.1) is 0 Å². The minimum absolute atomic E-state index is 0.0109. The van der Waals surface area contributed by atoms with Crippen LogP contribution in [0.15, 0.2) is 77.2 Å². The van der Waals surface area contributed by atoms with Crippen LogP contribution in [0.1, 0.15) is 53.6 Å². The van der Waals surface area contributed by atoms with Crippen LogP contribution >= 0.6 is 0 Å². The monoisotopic (exact) mass is 508 g/mol. The van der Waals surface area contributed by atoms with E-state index in [0.717, 1.165) is 36.1 Å². The Morgan fingerprint density at radius 2 is 1.63 bits per heavy atom. The maximum atomic E-state index is 13.1. The fourth-order valence-corrected chi connectivity index (χ4v) is 5.22. The number of carbonyl (C=O) groups is 2. The Morgan fingerprint density at radius 3 is 2.39 bits per heavy atom. The van der Waals surface area contributed by atoms with Gasteiger partial charge in [0, 0.05) is 43.4 Å². The minimum atomic E-state index is -0.0935. The van der Waals surface area contributed by atoms with Gasteiger partial charge < -0.3 is 19.0 Å². The van der Waals surface area contributed by atoms with E-state index in [2.05, 4.69) is 11.8 Å². The third-order valence-electron chi connectivity index (χ3n) is 7.41. The van der Waals surface area contributed by atoms with Crippen molar-refractivity contribution in [1.29, 1.82) is 0 Å². The number of ether oxygens (including phenoxy) is 1. The van der Waals surface area contributed by atoms with E-state index in [1.165, 1.54) is 0 Å². The van der Waals surface area contributed by atoms with E-state index in [1.54, 1.807) is 18.2 Å². The van der Waals surface area contributed by atoms with Crippen LogP contribution in [0.2, 0.25) is 0 Å². The lowest BCUT2D eigenvalue weighted by Gasteiger charge is -2.38. The third-order valence-corrected chi connectivity index (χ3v) is 7.41. The van der Waals surface area contributed by atoms with Crippen LogP contribution in [0.3, 0.4) is 0 Å². The highest BCUT2D eigenvalue weighted by Gasteiger charge is 2.43. The van der Waals surface area contributed by atoms with Gasteiger partial charge in [-0.3, -0.25) is 9.59 Å². The molecule has 5 rings (SSSR count). The summed E-state index contributed by atoms with van der Waals surface area (Å²) in [6.45, 7) is 5.30. The molecular weight excluding hydrogens is 476 g/mol. The first-order valence-corrected chi connectivity index (χ1v) is 13.2. The summed E-state index contributed by atoms with van der Waals surface area (Å²) in [5, 5.41) is 0. The summed E-state index contributed by atoms with van der Waals surface area (Å²) in [4.78, 5) is 29.8. The molecule has 2 aromatic carbocycles. The van der Waals surface area contributed by atoms with Crippen molar-refractivity contribution in [2.45, 2.75) is 26.2 Å². The van der Waals surface area contributed by atoms with E-state index in [1.807, 2.05) is 77.4 Å². The number of amides is 2. The molecule has 38 heavy (non-hydrogen) atoms.